The number of anilines is 2. The van der Waals surface area contributed by atoms with Crippen molar-refractivity contribution < 1.29 is 4.79 Å². The van der Waals surface area contributed by atoms with Gasteiger partial charge in [-0.1, -0.05) is 25.0 Å². The summed E-state index contributed by atoms with van der Waals surface area (Å²) in [5, 5.41) is 6.16. The topological polar surface area (TPSA) is 66.9 Å². The highest BCUT2D eigenvalue weighted by molar-refractivity contribution is 5.93. The van der Waals surface area contributed by atoms with E-state index in [1.54, 1.807) is 12.4 Å². The van der Waals surface area contributed by atoms with Crippen LogP contribution in [-0.2, 0) is 0 Å². The molecule has 2 aromatic rings. The molecule has 114 valence electrons. The Kier molecular flexibility index (Phi) is 4.32. The van der Waals surface area contributed by atoms with Crippen molar-refractivity contribution >= 4 is 17.5 Å². The molecule has 5 heteroatoms. The molecule has 1 aliphatic rings. The van der Waals surface area contributed by atoms with Gasteiger partial charge in [-0.2, -0.15) is 0 Å². The smallest absolute Gasteiger partial charge is 0.254 e. The Balaban J connectivity index is 1.63. The molecule has 1 heterocycles. The van der Waals surface area contributed by atoms with Crippen LogP contribution < -0.4 is 10.6 Å². The zero-order valence-corrected chi connectivity index (χ0v) is 12.7. The Bertz CT molecular complexity index is 648. The maximum Gasteiger partial charge on any atom is 0.254 e. The number of hydrogen-bond donors (Lipinski definition) is 2. The van der Waals surface area contributed by atoms with Gasteiger partial charge in [-0.05, 0) is 37.5 Å². The number of carbonyl (C=O) groups is 1. The fourth-order valence-corrected chi connectivity index (χ4v) is 2.70. The molecule has 1 saturated carbocycles. The van der Waals surface area contributed by atoms with Gasteiger partial charge in [-0.3, -0.25) is 4.79 Å². The highest BCUT2D eigenvalue weighted by atomic mass is 16.1. The average Bonchev–Trinajstić information content (AvgIpc) is 3.01. The van der Waals surface area contributed by atoms with Crippen LogP contribution in [0.4, 0.5) is 11.6 Å². The number of rotatable bonds is 4. The summed E-state index contributed by atoms with van der Waals surface area (Å²) in [4.78, 5) is 20.5. The Morgan fingerprint density at radius 3 is 2.59 bits per heavy atom. The van der Waals surface area contributed by atoms with Gasteiger partial charge in [0.05, 0.1) is 5.56 Å². The lowest BCUT2D eigenvalue weighted by molar-refractivity contribution is 0.0937. The molecule has 0 unspecified atom stereocenters. The number of aryl methyl sites for hydroxylation is 1. The van der Waals surface area contributed by atoms with Crippen LogP contribution in [0.3, 0.4) is 0 Å². The highest BCUT2D eigenvalue weighted by Crippen LogP contribution is 2.18. The van der Waals surface area contributed by atoms with Crippen molar-refractivity contribution in [1.29, 1.82) is 0 Å². The van der Waals surface area contributed by atoms with Crippen molar-refractivity contribution in [3.05, 3.63) is 47.8 Å². The number of carbonyl (C=O) groups excluding carboxylic acids is 1. The summed E-state index contributed by atoms with van der Waals surface area (Å²) in [6.45, 7) is 2.03. The lowest BCUT2D eigenvalue weighted by Gasteiger charge is -2.11. The minimum absolute atomic E-state index is 0.0889. The van der Waals surface area contributed by atoms with E-state index in [1.165, 1.54) is 12.8 Å². The van der Waals surface area contributed by atoms with E-state index in [0.29, 0.717) is 17.6 Å². The second kappa shape index (κ2) is 6.56. The van der Waals surface area contributed by atoms with Gasteiger partial charge in [-0.15, -0.1) is 0 Å². The number of aromatic nitrogens is 2. The van der Waals surface area contributed by atoms with E-state index in [-0.39, 0.29) is 5.91 Å². The third kappa shape index (κ3) is 3.61. The van der Waals surface area contributed by atoms with E-state index in [4.69, 9.17) is 0 Å². The predicted octanol–water partition coefficient (Wildman–Crippen LogP) is 3.20. The number of amides is 1. The van der Waals surface area contributed by atoms with Crippen molar-refractivity contribution in [2.45, 2.75) is 38.6 Å². The second-order valence-electron chi connectivity index (χ2n) is 5.74. The fraction of sp³-hybridized carbons (Fsp3) is 0.353. The molecule has 0 radical (unpaired) electrons. The van der Waals surface area contributed by atoms with E-state index in [9.17, 15) is 4.79 Å². The van der Waals surface area contributed by atoms with Crippen LogP contribution in [0.25, 0.3) is 0 Å². The van der Waals surface area contributed by atoms with Crippen molar-refractivity contribution in [3.63, 3.8) is 0 Å². The first-order chi connectivity index (χ1) is 10.7. The number of benzene rings is 1. The van der Waals surface area contributed by atoms with Gasteiger partial charge in [0, 0.05) is 24.1 Å². The van der Waals surface area contributed by atoms with E-state index in [0.717, 1.165) is 24.1 Å². The molecule has 1 aliphatic carbocycles. The molecule has 0 atom stereocenters. The number of nitrogens with one attached hydrogen (secondary N) is 2. The van der Waals surface area contributed by atoms with Crippen molar-refractivity contribution in [3.8, 4) is 0 Å². The average molecular weight is 296 g/mol. The van der Waals surface area contributed by atoms with Crippen molar-refractivity contribution in [2.24, 2.45) is 0 Å². The largest absolute Gasteiger partial charge is 0.349 e. The summed E-state index contributed by atoms with van der Waals surface area (Å²) in [5.74, 6) is 0.400. The summed E-state index contributed by atoms with van der Waals surface area (Å²) in [6.07, 6.45) is 7.66. The van der Waals surface area contributed by atoms with E-state index in [1.807, 2.05) is 31.2 Å². The molecule has 0 aliphatic heterocycles. The minimum Gasteiger partial charge on any atom is -0.349 e. The predicted molar refractivity (Wildman–Crippen MR) is 86.2 cm³/mol. The molecular weight excluding hydrogens is 276 g/mol. The first-order valence-electron chi connectivity index (χ1n) is 7.67. The third-order valence-corrected chi connectivity index (χ3v) is 3.88. The van der Waals surface area contributed by atoms with Gasteiger partial charge in [0.15, 0.2) is 0 Å². The molecule has 0 saturated heterocycles. The van der Waals surface area contributed by atoms with Crippen LogP contribution in [0.2, 0.25) is 0 Å². The van der Waals surface area contributed by atoms with Crippen LogP contribution in [0.1, 0.15) is 41.6 Å². The molecule has 22 heavy (non-hydrogen) atoms. The maximum atomic E-state index is 12.1. The zero-order valence-electron chi connectivity index (χ0n) is 12.7. The molecule has 0 spiro atoms. The molecule has 0 bridgehead atoms. The molecule has 1 amide bonds. The summed E-state index contributed by atoms with van der Waals surface area (Å²) < 4.78 is 0. The van der Waals surface area contributed by atoms with Crippen molar-refractivity contribution in [2.75, 3.05) is 5.32 Å². The SMILES string of the molecule is Cc1cccc(Nc2ncc(C(=O)NC3CCCC3)cn2)c1. The van der Waals surface area contributed by atoms with Crippen LogP contribution in [0, 0.1) is 6.92 Å². The lowest BCUT2D eigenvalue weighted by Crippen LogP contribution is -2.32. The minimum atomic E-state index is -0.0889. The lowest BCUT2D eigenvalue weighted by atomic mass is 10.2. The first kappa shape index (κ1) is 14.5. The highest BCUT2D eigenvalue weighted by Gasteiger charge is 2.18. The van der Waals surface area contributed by atoms with Crippen LogP contribution in [0.15, 0.2) is 36.7 Å². The molecule has 3 rings (SSSR count). The van der Waals surface area contributed by atoms with Crippen LogP contribution in [0.5, 0.6) is 0 Å². The molecular formula is C17H20N4O. The van der Waals surface area contributed by atoms with Gasteiger partial charge in [0.2, 0.25) is 5.95 Å². The van der Waals surface area contributed by atoms with E-state index in [2.05, 4.69) is 20.6 Å². The third-order valence-electron chi connectivity index (χ3n) is 3.88. The molecule has 5 nitrogen and oxygen atoms in total. The van der Waals surface area contributed by atoms with Gasteiger partial charge in [0.25, 0.3) is 5.91 Å². The zero-order chi connectivity index (χ0) is 15.4. The first-order valence-corrected chi connectivity index (χ1v) is 7.67. The Labute approximate surface area is 130 Å². The Morgan fingerprint density at radius 2 is 1.91 bits per heavy atom. The molecule has 1 aromatic carbocycles. The number of nitrogens with zero attached hydrogens (tertiary/aromatic N) is 2. The summed E-state index contributed by atoms with van der Waals surface area (Å²) in [6, 6.07) is 8.28. The van der Waals surface area contributed by atoms with Crippen molar-refractivity contribution in [1.82, 2.24) is 15.3 Å². The maximum absolute atomic E-state index is 12.1. The van der Waals surface area contributed by atoms with Gasteiger partial charge >= 0.3 is 0 Å². The molecule has 1 fully saturated rings. The molecule has 2 N–H and O–H groups in total. The Morgan fingerprint density at radius 1 is 1.18 bits per heavy atom. The summed E-state index contributed by atoms with van der Waals surface area (Å²) in [5.41, 5.74) is 2.60. The van der Waals surface area contributed by atoms with E-state index >= 15 is 0 Å². The number of hydrogen-bond acceptors (Lipinski definition) is 4. The standard InChI is InChI=1S/C17H20N4O/c1-12-5-4-8-15(9-12)21-17-18-10-13(11-19-17)16(22)20-14-6-2-3-7-14/h4-5,8-11,14H,2-3,6-7H2,1H3,(H,20,22)(H,18,19,21). The fourth-order valence-electron chi connectivity index (χ4n) is 2.70. The summed E-state index contributed by atoms with van der Waals surface area (Å²) in [7, 11) is 0. The summed E-state index contributed by atoms with van der Waals surface area (Å²) >= 11 is 0. The molecule has 1 aromatic heterocycles. The van der Waals surface area contributed by atoms with Crippen LogP contribution >= 0.6 is 0 Å². The Hall–Kier alpha value is -2.43. The monoisotopic (exact) mass is 296 g/mol. The quantitative estimate of drug-likeness (QED) is 0.909. The van der Waals surface area contributed by atoms with Gasteiger partial charge in [-0.25, -0.2) is 9.97 Å². The normalized spacial score (nSPS) is 14.8. The van der Waals surface area contributed by atoms with Crippen LogP contribution in [-0.4, -0.2) is 21.9 Å². The second-order valence-corrected chi connectivity index (χ2v) is 5.74. The van der Waals surface area contributed by atoms with Gasteiger partial charge < -0.3 is 10.6 Å². The van der Waals surface area contributed by atoms with Gasteiger partial charge in [0.1, 0.15) is 0 Å². The van der Waals surface area contributed by atoms with E-state index < -0.39 is 0 Å².